The molecule has 2 aromatic rings. The van der Waals surface area contributed by atoms with Crippen molar-refractivity contribution in [3.05, 3.63) is 74.8 Å². The summed E-state index contributed by atoms with van der Waals surface area (Å²) in [5, 5.41) is 19.2. The van der Waals surface area contributed by atoms with Gasteiger partial charge in [-0.1, -0.05) is 12.1 Å². The summed E-state index contributed by atoms with van der Waals surface area (Å²) in [6.07, 6.45) is 0. The second-order valence-corrected chi connectivity index (χ2v) is 5.16. The smallest absolute Gasteiger partial charge is 0.291 e. The van der Waals surface area contributed by atoms with E-state index in [0.717, 1.165) is 0 Å². The molecule has 7 heteroatoms. The fourth-order valence-corrected chi connectivity index (χ4v) is 2.66. The van der Waals surface area contributed by atoms with Crippen molar-refractivity contribution in [1.29, 1.82) is 5.26 Å². The second kappa shape index (κ2) is 5.18. The summed E-state index contributed by atoms with van der Waals surface area (Å²) in [5.41, 5.74) is 5.68. The fourth-order valence-electron chi connectivity index (χ4n) is 2.66. The van der Waals surface area contributed by atoms with Gasteiger partial charge in [-0.15, -0.1) is 0 Å². The number of rotatable bonds is 1. The zero-order valence-electron chi connectivity index (χ0n) is 12.1. The van der Waals surface area contributed by atoms with Gasteiger partial charge in [0, 0.05) is 6.07 Å². The highest BCUT2D eigenvalue weighted by atomic mass is 19.1. The summed E-state index contributed by atoms with van der Waals surface area (Å²) >= 11 is 0. The van der Waals surface area contributed by atoms with E-state index >= 15 is 0 Å². The predicted octanol–water partition coefficient (Wildman–Crippen LogP) is 1.75. The number of hydrogen-bond donors (Lipinski definition) is 2. The molecule has 3 rings (SSSR count). The van der Waals surface area contributed by atoms with Gasteiger partial charge in [0.05, 0.1) is 17.2 Å². The molecule has 0 bridgehead atoms. The number of nitrogens with two attached hydrogens (primary N) is 1. The van der Waals surface area contributed by atoms with Gasteiger partial charge in [-0.05, 0) is 24.6 Å². The Morgan fingerprint density at radius 2 is 2.17 bits per heavy atom. The van der Waals surface area contributed by atoms with E-state index < -0.39 is 17.3 Å². The molecular weight excluding hydrogens is 301 g/mol. The maximum Gasteiger partial charge on any atom is 0.291 e. The van der Waals surface area contributed by atoms with Crippen LogP contribution in [-0.2, 0) is 0 Å². The summed E-state index contributed by atoms with van der Waals surface area (Å²) in [5.74, 6) is -1.43. The van der Waals surface area contributed by atoms with E-state index in [4.69, 9.17) is 10.5 Å². The second-order valence-electron chi connectivity index (χ2n) is 5.16. The molecule has 3 N–H and O–H groups in total. The molecule has 1 aliphatic rings. The van der Waals surface area contributed by atoms with E-state index in [9.17, 15) is 19.7 Å². The van der Waals surface area contributed by atoms with Crippen LogP contribution in [0.5, 0.6) is 5.75 Å². The lowest BCUT2D eigenvalue weighted by atomic mass is 9.84. The Hall–Kier alpha value is -3.27. The minimum atomic E-state index is -0.911. The normalized spacial score (nSPS) is 16.5. The third-order valence-electron chi connectivity index (χ3n) is 3.73. The molecule has 0 saturated heterocycles. The van der Waals surface area contributed by atoms with E-state index in [1.54, 1.807) is 6.07 Å². The van der Waals surface area contributed by atoms with Gasteiger partial charge < -0.3 is 15.7 Å². The number of nitrogens with zero attached hydrogens (tertiary/aromatic N) is 2. The summed E-state index contributed by atoms with van der Waals surface area (Å²) < 4.78 is 19.4. The number of aryl methyl sites for hydroxylation is 1. The van der Waals surface area contributed by atoms with Gasteiger partial charge in [0.15, 0.2) is 0 Å². The van der Waals surface area contributed by atoms with Crippen LogP contribution in [-0.4, -0.2) is 9.94 Å². The molecule has 6 nitrogen and oxygen atoms in total. The highest BCUT2D eigenvalue weighted by Gasteiger charge is 2.34. The van der Waals surface area contributed by atoms with Gasteiger partial charge >= 0.3 is 0 Å². The van der Waals surface area contributed by atoms with Gasteiger partial charge in [-0.25, -0.2) is 4.39 Å². The maximum absolute atomic E-state index is 13.6. The molecule has 0 fully saturated rings. The number of hydrogen-bond acceptors (Lipinski definition) is 5. The zero-order chi connectivity index (χ0) is 16.7. The number of aromatic nitrogens is 1. The van der Waals surface area contributed by atoms with Crippen molar-refractivity contribution >= 4 is 0 Å². The van der Waals surface area contributed by atoms with Crippen LogP contribution >= 0.6 is 0 Å². The molecule has 0 amide bonds. The molecule has 1 atom stereocenters. The Morgan fingerprint density at radius 3 is 2.83 bits per heavy atom. The number of halogens is 1. The van der Waals surface area contributed by atoms with E-state index in [-0.39, 0.29) is 28.5 Å². The summed E-state index contributed by atoms with van der Waals surface area (Å²) in [4.78, 5) is 12.4. The number of benzene rings is 1. The van der Waals surface area contributed by atoms with E-state index in [2.05, 4.69) is 0 Å². The summed E-state index contributed by atoms with van der Waals surface area (Å²) in [7, 11) is 0. The summed E-state index contributed by atoms with van der Waals surface area (Å²) in [6, 6.07) is 8.85. The first-order chi connectivity index (χ1) is 10.9. The topological polar surface area (TPSA) is 101 Å². The van der Waals surface area contributed by atoms with Crippen LogP contribution in [0, 0.1) is 24.1 Å². The molecule has 0 aliphatic carbocycles. The maximum atomic E-state index is 13.6. The monoisotopic (exact) mass is 313 g/mol. The molecule has 2 heterocycles. The number of nitriles is 1. The third-order valence-corrected chi connectivity index (χ3v) is 3.73. The largest absolute Gasteiger partial charge is 0.440 e. The molecule has 1 aliphatic heterocycles. The minimum Gasteiger partial charge on any atom is -0.440 e. The molecule has 1 unspecified atom stereocenters. The van der Waals surface area contributed by atoms with E-state index in [1.807, 2.05) is 6.07 Å². The molecular formula is C16H12FN3O3. The van der Waals surface area contributed by atoms with Crippen LogP contribution in [0.15, 0.2) is 46.6 Å². The Bertz CT molecular complexity index is 941. The van der Waals surface area contributed by atoms with Crippen molar-refractivity contribution in [1.82, 2.24) is 4.73 Å². The number of pyridine rings is 1. The Labute approximate surface area is 130 Å². The highest BCUT2D eigenvalue weighted by molar-refractivity contribution is 5.55. The third kappa shape index (κ3) is 2.21. The lowest BCUT2D eigenvalue weighted by Gasteiger charge is -2.26. The number of fused-ring (bicyclic) bond motifs is 1. The molecule has 0 saturated carbocycles. The van der Waals surface area contributed by atoms with Crippen molar-refractivity contribution in [2.75, 3.05) is 0 Å². The predicted molar refractivity (Wildman–Crippen MR) is 78.3 cm³/mol. The van der Waals surface area contributed by atoms with Crippen molar-refractivity contribution in [3.8, 4) is 11.8 Å². The summed E-state index contributed by atoms with van der Waals surface area (Å²) in [6.45, 7) is 1.52. The highest BCUT2D eigenvalue weighted by Crippen LogP contribution is 2.40. The van der Waals surface area contributed by atoms with Gasteiger partial charge in [0.2, 0.25) is 5.88 Å². The van der Waals surface area contributed by atoms with E-state index in [0.29, 0.717) is 10.3 Å². The SMILES string of the molecule is Cc1cc2c(c(=O)n1O)C(c1cccc(F)c1)C(C#N)=C(N)O2. The lowest BCUT2D eigenvalue weighted by Crippen LogP contribution is -2.31. The van der Waals surface area contributed by atoms with Crippen LogP contribution in [0.25, 0.3) is 0 Å². The standard InChI is InChI=1S/C16H12FN3O3/c1-8-5-12-14(16(21)20(8)22)13(11(7-18)15(19)23-12)9-3-2-4-10(17)6-9/h2-6,13,22H,19H2,1H3. The quantitative estimate of drug-likeness (QED) is 0.781. The number of allylic oxidation sites excluding steroid dienone is 1. The first-order valence-electron chi connectivity index (χ1n) is 6.73. The van der Waals surface area contributed by atoms with Gasteiger partial charge in [-0.2, -0.15) is 9.99 Å². The van der Waals surface area contributed by atoms with Crippen LogP contribution < -0.4 is 16.0 Å². The van der Waals surface area contributed by atoms with Gasteiger partial charge in [0.25, 0.3) is 5.56 Å². The fraction of sp³-hybridized carbons (Fsp3) is 0.125. The molecule has 1 aromatic heterocycles. The lowest BCUT2D eigenvalue weighted by molar-refractivity contribution is 0.165. The molecule has 1 aromatic carbocycles. The van der Waals surface area contributed by atoms with Crippen molar-refractivity contribution in [2.45, 2.75) is 12.8 Å². The number of ether oxygens (including phenoxy) is 1. The Balaban J connectivity index is 2.36. The van der Waals surface area contributed by atoms with Gasteiger partial charge in [-0.3, -0.25) is 4.79 Å². The van der Waals surface area contributed by atoms with Gasteiger partial charge in [0.1, 0.15) is 23.2 Å². The van der Waals surface area contributed by atoms with Crippen molar-refractivity contribution in [3.63, 3.8) is 0 Å². The first kappa shape index (κ1) is 14.7. The average molecular weight is 313 g/mol. The van der Waals surface area contributed by atoms with E-state index in [1.165, 1.54) is 31.2 Å². The average Bonchev–Trinajstić information content (AvgIpc) is 2.51. The minimum absolute atomic E-state index is 0.0101. The molecule has 23 heavy (non-hydrogen) atoms. The van der Waals surface area contributed by atoms with Crippen LogP contribution in [0.4, 0.5) is 4.39 Å². The Kier molecular flexibility index (Phi) is 3.30. The zero-order valence-corrected chi connectivity index (χ0v) is 12.1. The first-order valence-corrected chi connectivity index (χ1v) is 6.73. The van der Waals surface area contributed by atoms with Crippen molar-refractivity contribution < 1.29 is 14.3 Å². The van der Waals surface area contributed by atoms with Crippen LogP contribution in [0.1, 0.15) is 22.7 Å². The van der Waals surface area contributed by atoms with Crippen LogP contribution in [0.3, 0.4) is 0 Å². The molecule has 0 spiro atoms. The van der Waals surface area contributed by atoms with Crippen molar-refractivity contribution in [2.24, 2.45) is 5.73 Å². The molecule has 0 radical (unpaired) electrons. The Morgan fingerprint density at radius 1 is 1.43 bits per heavy atom. The molecule has 116 valence electrons. The van der Waals surface area contributed by atoms with Crippen LogP contribution in [0.2, 0.25) is 0 Å².